The van der Waals surface area contributed by atoms with E-state index in [9.17, 15) is 0 Å². The monoisotopic (exact) mass is 237 g/mol. The number of aryl methyl sites for hydroxylation is 1. The van der Waals surface area contributed by atoms with Gasteiger partial charge in [0.2, 0.25) is 0 Å². The summed E-state index contributed by atoms with van der Waals surface area (Å²) in [4.78, 5) is 4.48. The molecule has 2 aromatic rings. The van der Waals surface area contributed by atoms with Crippen molar-refractivity contribution in [2.75, 3.05) is 5.01 Å². The molecule has 0 saturated heterocycles. The molecule has 0 atom stereocenters. The third-order valence-corrected chi connectivity index (χ3v) is 3.12. The molecule has 18 heavy (non-hydrogen) atoms. The molecule has 1 heterocycles. The minimum atomic E-state index is 0.807. The Hall–Kier alpha value is -2.29. The molecule has 1 aliphatic rings. The second-order valence-corrected chi connectivity index (χ2v) is 4.39. The summed E-state index contributed by atoms with van der Waals surface area (Å²) in [7, 11) is 0. The number of benzene rings is 2. The molecule has 0 unspecified atom stereocenters. The Bertz CT molecular complexity index is 576. The lowest BCUT2D eigenvalue weighted by atomic mass is 10.1. The van der Waals surface area contributed by atoms with Gasteiger partial charge in [0, 0.05) is 0 Å². The van der Waals surface area contributed by atoms with Gasteiger partial charge in [-0.25, -0.2) is 4.99 Å². The first kappa shape index (κ1) is 10.8. The second-order valence-electron chi connectivity index (χ2n) is 4.39. The zero-order chi connectivity index (χ0) is 12.4. The fourth-order valence-corrected chi connectivity index (χ4v) is 2.18. The number of nitrogens with zero attached hydrogens (tertiary/aromatic N) is 2. The highest BCUT2D eigenvalue weighted by atomic mass is 15.5. The van der Waals surface area contributed by atoms with E-state index in [1.54, 1.807) is 6.34 Å². The van der Waals surface area contributed by atoms with Crippen molar-refractivity contribution in [2.24, 2.45) is 4.99 Å². The van der Waals surface area contributed by atoms with Gasteiger partial charge in [-0.15, -0.1) is 0 Å². The van der Waals surface area contributed by atoms with Crippen LogP contribution in [0.4, 0.5) is 11.4 Å². The van der Waals surface area contributed by atoms with Crippen LogP contribution in [0, 0.1) is 6.92 Å². The molecular weight excluding hydrogens is 222 g/mol. The van der Waals surface area contributed by atoms with Crippen LogP contribution in [0.1, 0.15) is 11.1 Å². The predicted molar refractivity (Wildman–Crippen MR) is 75.1 cm³/mol. The third kappa shape index (κ3) is 1.95. The van der Waals surface area contributed by atoms with E-state index in [-0.39, 0.29) is 0 Å². The number of hydrogen-bond acceptors (Lipinski definition) is 3. The Labute approximate surface area is 107 Å². The van der Waals surface area contributed by atoms with Gasteiger partial charge in [0.15, 0.2) is 0 Å². The highest BCUT2D eigenvalue weighted by Gasteiger charge is 2.12. The number of para-hydroxylation sites is 2. The number of nitrogens with one attached hydrogen (secondary N) is 1. The molecular formula is C15H15N3. The first-order chi connectivity index (χ1) is 8.84. The summed E-state index contributed by atoms with van der Waals surface area (Å²) in [5.74, 6) is 0. The molecule has 0 amide bonds. The number of hydrazine groups is 1. The van der Waals surface area contributed by atoms with Gasteiger partial charge in [0.25, 0.3) is 0 Å². The minimum Gasteiger partial charge on any atom is -0.287 e. The number of aliphatic imine (C=N–C) groups is 1. The van der Waals surface area contributed by atoms with Crippen LogP contribution in [0.15, 0.2) is 53.5 Å². The first-order valence-electron chi connectivity index (χ1n) is 6.04. The Morgan fingerprint density at radius 1 is 1.06 bits per heavy atom. The molecule has 2 aromatic carbocycles. The zero-order valence-electron chi connectivity index (χ0n) is 10.3. The molecule has 0 aromatic heterocycles. The number of hydrogen-bond donors (Lipinski definition) is 1. The van der Waals surface area contributed by atoms with Gasteiger partial charge < -0.3 is 0 Å². The smallest absolute Gasteiger partial charge is 0.107 e. The maximum atomic E-state index is 4.48. The van der Waals surface area contributed by atoms with E-state index < -0.39 is 0 Å². The predicted octanol–water partition coefficient (Wildman–Crippen LogP) is 3.18. The van der Waals surface area contributed by atoms with E-state index in [1.165, 1.54) is 11.1 Å². The molecule has 3 rings (SSSR count). The molecule has 0 aliphatic carbocycles. The summed E-state index contributed by atoms with van der Waals surface area (Å²) in [6.45, 7) is 2.90. The van der Waals surface area contributed by atoms with Crippen LogP contribution in [0.5, 0.6) is 0 Å². The van der Waals surface area contributed by atoms with Crippen molar-refractivity contribution in [3.8, 4) is 0 Å². The van der Waals surface area contributed by atoms with Crippen molar-refractivity contribution in [2.45, 2.75) is 13.5 Å². The topological polar surface area (TPSA) is 27.6 Å². The van der Waals surface area contributed by atoms with Crippen LogP contribution in [0.2, 0.25) is 0 Å². The van der Waals surface area contributed by atoms with E-state index in [4.69, 9.17) is 0 Å². The number of anilines is 1. The maximum Gasteiger partial charge on any atom is 0.107 e. The van der Waals surface area contributed by atoms with Crippen molar-refractivity contribution in [3.63, 3.8) is 0 Å². The van der Waals surface area contributed by atoms with Crippen molar-refractivity contribution in [1.29, 1.82) is 0 Å². The lowest BCUT2D eigenvalue weighted by molar-refractivity contribution is 0.782. The summed E-state index contributed by atoms with van der Waals surface area (Å²) in [6.07, 6.45) is 1.76. The van der Waals surface area contributed by atoms with Gasteiger partial charge in [-0.1, -0.05) is 36.4 Å². The van der Waals surface area contributed by atoms with Crippen LogP contribution in [0.25, 0.3) is 0 Å². The average molecular weight is 237 g/mol. The molecule has 1 N–H and O–H groups in total. The minimum absolute atomic E-state index is 0.807. The van der Waals surface area contributed by atoms with Gasteiger partial charge in [-0.3, -0.25) is 10.4 Å². The lowest BCUT2D eigenvalue weighted by Crippen LogP contribution is -2.35. The summed E-state index contributed by atoms with van der Waals surface area (Å²) in [5, 5.41) is 2.09. The van der Waals surface area contributed by atoms with E-state index >= 15 is 0 Å². The fourth-order valence-electron chi connectivity index (χ4n) is 2.18. The Morgan fingerprint density at radius 2 is 1.89 bits per heavy atom. The molecule has 0 spiro atoms. The van der Waals surface area contributed by atoms with Crippen LogP contribution < -0.4 is 10.4 Å². The SMILES string of the molecule is Cc1cccc2c1N=CNN(c1ccccc1)C2. The standard InChI is InChI=1S/C15H15N3/c1-12-6-5-7-13-10-18(17-11-16-15(12)13)14-8-3-2-4-9-14/h2-9,11H,10H2,1H3,(H,16,17). The second kappa shape index (κ2) is 4.53. The van der Waals surface area contributed by atoms with Crippen LogP contribution in [-0.4, -0.2) is 6.34 Å². The van der Waals surface area contributed by atoms with E-state index in [0.29, 0.717) is 0 Å². The summed E-state index contributed by atoms with van der Waals surface area (Å²) in [5.41, 5.74) is 7.87. The molecule has 1 aliphatic heterocycles. The van der Waals surface area contributed by atoms with Crippen molar-refractivity contribution >= 4 is 17.7 Å². The van der Waals surface area contributed by atoms with Gasteiger partial charge in [0.05, 0.1) is 17.9 Å². The van der Waals surface area contributed by atoms with E-state index in [0.717, 1.165) is 17.9 Å². The molecule has 90 valence electrons. The largest absolute Gasteiger partial charge is 0.287 e. The van der Waals surface area contributed by atoms with Crippen molar-refractivity contribution in [1.82, 2.24) is 5.43 Å². The fraction of sp³-hybridized carbons (Fsp3) is 0.133. The molecule has 3 heteroatoms. The Balaban J connectivity index is 1.98. The van der Waals surface area contributed by atoms with Crippen LogP contribution in [0.3, 0.4) is 0 Å². The van der Waals surface area contributed by atoms with E-state index in [2.05, 4.69) is 52.7 Å². The van der Waals surface area contributed by atoms with Gasteiger partial charge in [0.1, 0.15) is 6.34 Å². The normalized spacial score (nSPS) is 13.7. The quantitative estimate of drug-likeness (QED) is 0.825. The van der Waals surface area contributed by atoms with Crippen LogP contribution >= 0.6 is 0 Å². The zero-order valence-corrected chi connectivity index (χ0v) is 10.3. The number of fused-ring (bicyclic) bond motifs is 1. The maximum absolute atomic E-state index is 4.48. The Morgan fingerprint density at radius 3 is 2.72 bits per heavy atom. The summed E-state index contributed by atoms with van der Waals surface area (Å²) >= 11 is 0. The molecule has 3 nitrogen and oxygen atoms in total. The Kier molecular flexibility index (Phi) is 2.73. The molecule has 0 fully saturated rings. The van der Waals surface area contributed by atoms with Crippen molar-refractivity contribution in [3.05, 3.63) is 59.7 Å². The molecule has 0 saturated carbocycles. The van der Waals surface area contributed by atoms with Crippen LogP contribution in [-0.2, 0) is 6.54 Å². The van der Waals surface area contributed by atoms with E-state index in [1.807, 2.05) is 18.2 Å². The highest BCUT2D eigenvalue weighted by molar-refractivity contribution is 5.70. The highest BCUT2D eigenvalue weighted by Crippen LogP contribution is 2.27. The van der Waals surface area contributed by atoms with Gasteiger partial charge >= 0.3 is 0 Å². The molecule has 0 radical (unpaired) electrons. The third-order valence-electron chi connectivity index (χ3n) is 3.12. The average Bonchev–Trinajstić information content (AvgIpc) is 2.63. The van der Waals surface area contributed by atoms with Gasteiger partial charge in [-0.2, -0.15) is 0 Å². The van der Waals surface area contributed by atoms with Gasteiger partial charge in [-0.05, 0) is 30.2 Å². The lowest BCUT2D eigenvalue weighted by Gasteiger charge is -2.22. The summed E-state index contributed by atoms with van der Waals surface area (Å²) < 4.78 is 0. The number of rotatable bonds is 1. The first-order valence-corrected chi connectivity index (χ1v) is 6.04. The van der Waals surface area contributed by atoms with Crippen molar-refractivity contribution < 1.29 is 0 Å². The molecule has 0 bridgehead atoms. The summed E-state index contributed by atoms with van der Waals surface area (Å²) in [6, 6.07) is 16.6.